The van der Waals surface area contributed by atoms with Gasteiger partial charge in [0.05, 0.1) is 0 Å². The van der Waals surface area contributed by atoms with Crippen LogP contribution in [0.1, 0.15) is 13.3 Å². The molecule has 0 aliphatic rings. The highest BCUT2D eigenvalue weighted by molar-refractivity contribution is 5.85. The summed E-state index contributed by atoms with van der Waals surface area (Å²) >= 11 is 0. The Hall–Kier alpha value is -1.07. The maximum Gasteiger partial charge on any atom is 0.419 e. The average molecular weight is 200 g/mol. The first kappa shape index (κ1) is 11.9. The summed E-state index contributed by atoms with van der Waals surface area (Å²) in [5, 5.41) is 8.23. The van der Waals surface area contributed by atoms with Crippen LogP contribution in [-0.2, 0) is 4.79 Å². The second-order valence-electron chi connectivity index (χ2n) is 2.44. The summed E-state index contributed by atoms with van der Waals surface area (Å²) in [4.78, 5) is 10.1. The molecule has 1 unspecified atom stereocenters. The number of hydrogen-bond acceptors (Lipinski definition) is 1. The number of carbonyl (C=O) groups is 1. The molecule has 0 rings (SSSR count). The second kappa shape index (κ2) is 4.25. The molecule has 13 heavy (non-hydrogen) atoms. The Morgan fingerprint density at radius 1 is 1.54 bits per heavy atom. The molecule has 0 aliphatic carbocycles. The predicted molar refractivity (Wildman–Crippen MR) is 37.0 cm³/mol. The molecule has 76 valence electrons. The molecular formula is C7H8F4O2. The lowest BCUT2D eigenvalue weighted by atomic mass is 10.2. The Kier molecular flexibility index (Phi) is 3.90. The van der Waals surface area contributed by atoms with Crippen molar-refractivity contribution in [2.75, 3.05) is 0 Å². The third-order valence-electron chi connectivity index (χ3n) is 1.32. The Bertz CT molecular complexity index is 219. The van der Waals surface area contributed by atoms with Crippen molar-refractivity contribution in [1.29, 1.82) is 0 Å². The van der Waals surface area contributed by atoms with Gasteiger partial charge >= 0.3 is 12.1 Å². The predicted octanol–water partition coefficient (Wildman–Crippen LogP) is 2.31. The van der Waals surface area contributed by atoms with Gasteiger partial charge in [0.25, 0.3) is 0 Å². The average Bonchev–Trinajstić information content (AvgIpc) is 1.97. The van der Waals surface area contributed by atoms with Crippen LogP contribution in [-0.4, -0.2) is 23.4 Å². The molecule has 0 aromatic carbocycles. The van der Waals surface area contributed by atoms with Gasteiger partial charge in [-0.1, -0.05) is 6.08 Å². The molecule has 0 heterocycles. The van der Waals surface area contributed by atoms with Gasteiger partial charge in [-0.15, -0.1) is 0 Å². The Balaban J connectivity index is 4.17. The molecule has 0 fully saturated rings. The zero-order chi connectivity index (χ0) is 10.6. The van der Waals surface area contributed by atoms with Crippen molar-refractivity contribution < 1.29 is 27.5 Å². The Morgan fingerprint density at radius 3 is 2.31 bits per heavy atom. The SMILES string of the molecule is C/C(=C\CC(F)C(F)(F)F)C(=O)O. The molecule has 1 N–H and O–H groups in total. The molecule has 0 spiro atoms. The quantitative estimate of drug-likeness (QED) is 0.560. The molecule has 0 bridgehead atoms. The summed E-state index contributed by atoms with van der Waals surface area (Å²) in [5.74, 6) is -1.35. The number of allylic oxidation sites excluding steroid dienone is 1. The number of hydrogen-bond donors (Lipinski definition) is 1. The van der Waals surface area contributed by atoms with Gasteiger partial charge in [-0.2, -0.15) is 13.2 Å². The summed E-state index contributed by atoms with van der Waals surface area (Å²) in [7, 11) is 0. The molecule has 0 aromatic rings. The van der Waals surface area contributed by atoms with Crippen molar-refractivity contribution in [2.45, 2.75) is 25.7 Å². The van der Waals surface area contributed by atoms with Gasteiger partial charge < -0.3 is 5.11 Å². The van der Waals surface area contributed by atoms with Crippen molar-refractivity contribution in [2.24, 2.45) is 0 Å². The van der Waals surface area contributed by atoms with E-state index in [9.17, 15) is 22.4 Å². The Morgan fingerprint density at radius 2 is 2.00 bits per heavy atom. The first-order valence-electron chi connectivity index (χ1n) is 3.36. The fraction of sp³-hybridized carbons (Fsp3) is 0.571. The number of rotatable bonds is 3. The van der Waals surface area contributed by atoms with Crippen molar-refractivity contribution >= 4 is 5.97 Å². The molecule has 0 saturated carbocycles. The fourth-order valence-corrected chi connectivity index (χ4v) is 0.501. The lowest BCUT2D eigenvalue weighted by Crippen LogP contribution is -2.23. The maximum absolute atomic E-state index is 12.2. The van der Waals surface area contributed by atoms with E-state index in [0.29, 0.717) is 6.08 Å². The van der Waals surface area contributed by atoms with Crippen molar-refractivity contribution in [3.05, 3.63) is 11.6 Å². The third-order valence-corrected chi connectivity index (χ3v) is 1.32. The first-order valence-corrected chi connectivity index (χ1v) is 3.36. The zero-order valence-electron chi connectivity index (χ0n) is 6.73. The van der Waals surface area contributed by atoms with Crippen molar-refractivity contribution in [3.63, 3.8) is 0 Å². The molecule has 0 amide bonds. The van der Waals surface area contributed by atoms with Gasteiger partial charge in [-0.05, 0) is 6.92 Å². The largest absolute Gasteiger partial charge is 0.478 e. The summed E-state index contributed by atoms with van der Waals surface area (Å²) < 4.78 is 46.8. The summed E-state index contributed by atoms with van der Waals surface area (Å²) in [6.07, 6.45) is -8.17. The zero-order valence-corrected chi connectivity index (χ0v) is 6.73. The van der Waals surface area contributed by atoms with Crippen LogP contribution in [0.4, 0.5) is 17.6 Å². The second-order valence-corrected chi connectivity index (χ2v) is 2.44. The van der Waals surface area contributed by atoms with Gasteiger partial charge in [0, 0.05) is 12.0 Å². The van der Waals surface area contributed by atoms with E-state index in [1.165, 1.54) is 0 Å². The van der Waals surface area contributed by atoms with Crippen molar-refractivity contribution in [3.8, 4) is 0 Å². The molecule has 0 aliphatic heterocycles. The van der Waals surface area contributed by atoms with E-state index in [0.717, 1.165) is 6.92 Å². The highest BCUT2D eigenvalue weighted by Crippen LogP contribution is 2.25. The lowest BCUT2D eigenvalue weighted by molar-refractivity contribution is -0.179. The molecular weight excluding hydrogens is 192 g/mol. The molecule has 6 heteroatoms. The van der Waals surface area contributed by atoms with Crippen LogP contribution in [0, 0.1) is 0 Å². The first-order chi connectivity index (χ1) is 5.75. The van der Waals surface area contributed by atoms with Crippen molar-refractivity contribution in [1.82, 2.24) is 0 Å². The smallest absolute Gasteiger partial charge is 0.419 e. The van der Waals surface area contributed by atoms with E-state index < -0.39 is 24.7 Å². The minimum atomic E-state index is -4.92. The lowest BCUT2D eigenvalue weighted by Gasteiger charge is -2.09. The summed E-state index contributed by atoms with van der Waals surface area (Å²) in [6.45, 7) is 1.10. The van der Waals surface area contributed by atoms with Gasteiger partial charge in [0.2, 0.25) is 0 Å². The summed E-state index contributed by atoms with van der Waals surface area (Å²) in [5.41, 5.74) is -0.299. The topological polar surface area (TPSA) is 37.3 Å². The van der Waals surface area contributed by atoms with Crippen LogP contribution in [0.2, 0.25) is 0 Å². The van der Waals surface area contributed by atoms with Gasteiger partial charge in [0.15, 0.2) is 6.17 Å². The van der Waals surface area contributed by atoms with E-state index in [2.05, 4.69) is 0 Å². The van der Waals surface area contributed by atoms with Gasteiger partial charge in [-0.3, -0.25) is 0 Å². The third kappa shape index (κ3) is 4.49. The highest BCUT2D eigenvalue weighted by atomic mass is 19.4. The van der Waals surface area contributed by atoms with E-state index in [1.54, 1.807) is 0 Å². The number of halogens is 4. The normalized spacial score (nSPS) is 15.6. The number of carboxylic acids is 1. The van der Waals surface area contributed by atoms with Gasteiger partial charge in [-0.25, -0.2) is 9.18 Å². The Labute approximate surface area is 71.9 Å². The number of alkyl halides is 4. The maximum atomic E-state index is 12.2. The molecule has 0 aromatic heterocycles. The van der Waals surface area contributed by atoms with Crippen LogP contribution in [0.25, 0.3) is 0 Å². The van der Waals surface area contributed by atoms with E-state index in [4.69, 9.17) is 5.11 Å². The monoisotopic (exact) mass is 200 g/mol. The van der Waals surface area contributed by atoms with E-state index >= 15 is 0 Å². The van der Waals surface area contributed by atoms with Crippen LogP contribution in [0.5, 0.6) is 0 Å². The van der Waals surface area contributed by atoms with E-state index in [-0.39, 0.29) is 5.57 Å². The fourth-order valence-electron chi connectivity index (χ4n) is 0.501. The van der Waals surface area contributed by atoms with Crippen LogP contribution in [0.15, 0.2) is 11.6 Å². The highest BCUT2D eigenvalue weighted by Gasteiger charge is 2.39. The van der Waals surface area contributed by atoms with Crippen LogP contribution < -0.4 is 0 Å². The van der Waals surface area contributed by atoms with Crippen LogP contribution in [0.3, 0.4) is 0 Å². The number of carboxylic acid groups (broad SMARTS) is 1. The minimum absolute atomic E-state index is 0.299. The molecule has 0 radical (unpaired) electrons. The number of aliphatic carboxylic acids is 1. The standard InChI is InChI=1S/C7H8F4O2/c1-4(6(12)13)2-3-5(8)7(9,10)11/h2,5H,3H2,1H3,(H,12,13)/b4-2+. The molecule has 2 nitrogen and oxygen atoms in total. The summed E-state index contributed by atoms with van der Waals surface area (Å²) in [6, 6.07) is 0. The minimum Gasteiger partial charge on any atom is -0.478 e. The molecule has 0 saturated heterocycles. The van der Waals surface area contributed by atoms with E-state index in [1.807, 2.05) is 0 Å². The van der Waals surface area contributed by atoms with Crippen LogP contribution >= 0.6 is 0 Å². The molecule has 1 atom stereocenters. The van der Waals surface area contributed by atoms with Gasteiger partial charge in [0.1, 0.15) is 0 Å².